The number of hydrogen-bond donors (Lipinski definition) is 1. The summed E-state index contributed by atoms with van der Waals surface area (Å²) in [7, 11) is -1.67. The van der Waals surface area contributed by atoms with Crippen molar-refractivity contribution in [2.24, 2.45) is 13.0 Å². The summed E-state index contributed by atoms with van der Waals surface area (Å²) in [6.45, 7) is 2.15. The Hall–Kier alpha value is -0.880. The van der Waals surface area contributed by atoms with Crippen LogP contribution in [0.15, 0.2) is 17.3 Å². The molecular formula is C10H17N3O2S. The maximum absolute atomic E-state index is 11.9. The molecule has 1 aromatic heterocycles. The molecule has 0 bridgehead atoms. The molecule has 0 amide bonds. The first-order chi connectivity index (χ1) is 7.47. The molecule has 2 atom stereocenters. The summed E-state index contributed by atoms with van der Waals surface area (Å²) in [5.41, 5.74) is 0. The lowest BCUT2D eigenvalue weighted by Crippen LogP contribution is -2.32. The molecule has 6 heteroatoms. The van der Waals surface area contributed by atoms with Crippen molar-refractivity contribution in [3.05, 3.63) is 12.4 Å². The highest BCUT2D eigenvalue weighted by molar-refractivity contribution is 7.89. The molecule has 2 rings (SSSR count). The van der Waals surface area contributed by atoms with Crippen molar-refractivity contribution in [3.8, 4) is 0 Å². The van der Waals surface area contributed by atoms with Crippen LogP contribution < -0.4 is 4.72 Å². The van der Waals surface area contributed by atoms with Crippen molar-refractivity contribution in [1.82, 2.24) is 14.5 Å². The van der Waals surface area contributed by atoms with Gasteiger partial charge >= 0.3 is 0 Å². The highest BCUT2D eigenvalue weighted by Crippen LogP contribution is 2.25. The SMILES string of the molecule is CC1CCC(NS(=O)(=O)c2cnn(C)c2)C1. The topological polar surface area (TPSA) is 64.0 Å². The van der Waals surface area contributed by atoms with Gasteiger partial charge in [0, 0.05) is 19.3 Å². The summed E-state index contributed by atoms with van der Waals surface area (Å²) in [5, 5.41) is 3.87. The van der Waals surface area contributed by atoms with E-state index in [4.69, 9.17) is 0 Å². The molecule has 0 radical (unpaired) electrons. The number of hydrogen-bond acceptors (Lipinski definition) is 3. The third-order valence-corrected chi connectivity index (χ3v) is 4.48. The lowest BCUT2D eigenvalue weighted by molar-refractivity contribution is 0.538. The minimum Gasteiger partial charge on any atom is -0.274 e. The Labute approximate surface area is 95.9 Å². The van der Waals surface area contributed by atoms with E-state index in [-0.39, 0.29) is 10.9 Å². The number of nitrogens with zero attached hydrogens (tertiary/aromatic N) is 2. The fourth-order valence-electron chi connectivity index (χ4n) is 2.14. The highest BCUT2D eigenvalue weighted by atomic mass is 32.2. The molecule has 0 aliphatic heterocycles. The average Bonchev–Trinajstić information content (AvgIpc) is 2.75. The second-order valence-corrected chi connectivity index (χ2v) is 6.30. The Morgan fingerprint density at radius 2 is 2.25 bits per heavy atom. The monoisotopic (exact) mass is 243 g/mol. The molecule has 1 fully saturated rings. The van der Waals surface area contributed by atoms with E-state index in [1.165, 1.54) is 17.1 Å². The molecule has 1 N–H and O–H groups in total. The third kappa shape index (κ3) is 2.44. The summed E-state index contributed by atoms with van der Waals surface area (Å²) in [5.74, 6) is 0.613. The molecule has 5 nitrogen and oxygen atoms in total. The van der Waals surface area contributed by atoms with Gasteiger partial charge in [-0.15, -0.1) is 0 Å². The lowest BCUT2D eigenvalue weighted by Gasteiger charge is -2.11. The summed E-state index contributed by atoms with van der Waals surface area (Å²) < 4.78 is 28.1. The van der Waals surface area contributed by atoms with Crippen molar-refractivity contribution in [1.29, 1.82) is 0 Å². The van der Waals surface area contributed by atoms with E-state index in [1.807, 2.05) is 0 Å². The Balaban J connectivity index is 2.09. The first kappa shape index (κ1) is 11.6. The molecule has 90 valence electrons. The zero-order valence-corrected chi connectivity index (χ0v) is 10.4. The van der Waals surface area contributed by atoms with E-state index in [2.05, 4.69) is 16.7 Å². The first-order valence-electron chi connectivity index (χ1n) is 5.48. The Morgan fingerprint density at radius 1 is 1.50 bits per heavy atom. The van der Waals surface area contributed by atoms with Crippen molar-refractivity contribution in [2.75, 3.05) is 0 Å². The van der Waals surface area contributed by atoms with Gasteiger partial charge in [-0.25, -0.2) is 13.1 Å². The van der Waals surface area contributed by atoms with Crippen LogP contribution in [-0.2, 0) is 17.1 Å². The van der Waals surface area contributed by atoms with Gasteiger partial charge in [0.05, 0.1) is 6.20 Å². The van der Waals surface area contributed by atoms with Gasteiger partial charge < -0.3 is 0 Å². The van der Waals surface area contributed by atoms with Crippen LogP contribution in [0.5, 0.6) is 0 Å². The maximum atomic E-state index is 11.9. The molecule has 2 unspecified atom stereocenters. The summed E-state index contributed by atoms with van der Waals surface area (Å²) in [6, 6.07) is 0.0835. The molecule has 1 aromatic rings. The zero-order valence-electron chi connectivity index (χ0n) is 9.55. The molecule has 0 spiro atoms. The van der Waals surface area contributed by atoms with Crippen molar-refractivity contribution in [2.45, 2.75) is 37.1 Å². The fourth-order valence-corrected chi connectivity index (χ4v) is 3.41. The second-order valence-electron chi connectivity index (χ2n) is 4.59. The van der Waals surface area contributed by atoms with E-state index in [0.29, 0.717) is 5.92 Å². The normalized spacial score (nSPS) is 26.1. The molecule has 1 aliphatic rings. The lowest BCUT2D eigenvalue weighted by atomic mass is 10.1. The minimum atomic E-state index is -3.38. The predicted octanol–water partition coefficient (Wildman–Crippen LogP) is 0.887. The standard InChI is InChI=1S/C10H17N3O2S/c1-8-3-4-9(5-8)12-16(14,15)10-6-11-13(2)7-10/h6-9,12H,3-5H2,1-2H3. The van der Waals surface area contributed by atoms with Gasteiger partial charge in [0.25, 0.3) is 0 Å². The van der Waals surface area contributed by atoms with E-state index in [9.17, 15) is 8.42 Å². The minimum absolute atomic E-state index is 0.0835. The van der Waals surface area contributed by atoms with Crippen LogP contribution in [0.2, 0.25) is 0 Å². The highest BCUT2D eigenvalue weighted by Gasteiger charge is 2.26. The molecule has 1 saturated carbocycles. The summed E-state index contributed by atoms with van der Waals surface area (Å²) in [6.07, 6.45) is 5.85. The predicted molar refractivity (Wildman–Crippen MR) is 60.3 cm³/mol. The quantitative estimate of drug-likeness (QED) is 0.857. The average molecular weight is 243 g/mol. The van der Waals surface area contributed by atoms with Crippen LogP contribution in [0.3, 0.4) is 0 Å². The number of nitrogens with one attached hydrogen (secondary N) is 1. The molecular weight excluding hydrogens is 226 g/mol. The van der Waals surface area contributed by atoms with Crippen LogP contribution in [0.4, 0.5) is 0 Å². The second kappa shape index (κ2) is 4.18. The van der Waals surface area contributed by atoms with Gasteiger partial charge in [-0.2, -0.15) is 5.10 Å². The number of aryl methyl sites for hydroxylation is 1. The van der Waals surface area contributed by atoms with Gasteiger partial charge in [0.1, 0.15) is 4.90 Å². The van der Waals surface area contributed by atoms with Crippen molar-refractivity contribution in [3.63, 3.8) is 0 Å². The van der Waals surface area contributed by atoms with Gasteiger partial charge in [0.15, 0.2) is 0 Å². The van der Waals surface area contributed by atoms with Crippen LogP contribution in [-0.4, -0.2) is 24.2 Å². The van der Waals surface area contributed by atoms with E-state index >= 15 is 0 Å². The van der Waals surface area contributed by atoms with Gasteiger partial charge in [0.2, 0.25) is 10.0 Å². The Morgan fingerprint density at radius 3 is 2.75 bits per heavy atom. The van der Waals surface area contributed by atoms with Gasteiger partial charge in [-0.05, 0) is 25.2 Å². The largest absolute Gasteiger partial charge is 0.274 e. The van der Waals surface area contributed by atoms with Crippen molar-refractivity contribution >= 4 is 10.0 Å². The van der Waals surface area contributed by atoms with Crippen LogP contribution in [0.25, 0.3) is 0 Å². The van der Waals surface area contributed by atoms with Crippen LogP contribution in [0, 0.1) is 5.92 Å². The maximum Gasteiger partial charge on any atom is 0.243 e. The van der Waals surface area contributed by atoms with Crippen LogP contribution >= 0.6 is 0 Å². The summed E-state index contributed by atoms with van der Waals surface area (Å²) >= 11 is 0. The Bertz CT molecular complexity index is 466. The number of aromatic nitrogens is 2. The van der Waals surface area contributed by atoms with Gasteiger partial charge in [-0.1, -0.05) is 6.92 Å². The number of rotatable bonds is 3. The molecule has 1 heterocycles. The summed E-state index contributed by atoms with van der Waals surface area (Å²) in [4.78, 5) is 0.245. The Kier molecular flexibility index (Phi) is 3.03. The van der Waals surface area contributed by atoms with Crippen molar-refractivity contribution < 1.29 is 8.42 Å². The van der Waals surface area contributed by atoms with E-state index in [0.717, 1.165) is 19.3 Å². The van der Waals surface area contributed by atoms with E-state index in [1.54, 1.807) is 7.05 Å². The zero-order chi connectivity index (χ0) is 11.8. The van der Waals surface area contributed by atoms with Crippen LogP contribution in [0.1, 0.15) is 26.2 Å². The molecule has 0 saturated heterocycles. The third-order valence-electron chi connectivity index (χ3n) is 3.01. The molecule has 1 aliphatic carbocycles. The van der Waals surface area contributed by atoms with E-state index < -0.39 is 10.0 Å². The van der Waals surface area contributed by atoms with Gasteiger partial charge in [-0.3, -0.25) is 4.68 Å². The first-order valence-corrected chi connectivity index (χ1v) is 6.96. The molecule has 0 aromatic carbocycles. The number of sulfonamides is 1. The smallest absolute Gasteiger partial charge is 0.243 e. The molecule has 16 heavy (non-hydrogen) atoms. The fraction of sp³-hybridized carbons (Fsp3) is 0.700.